The molecule has 0 amide bonds. The minimum atomic E-state index is 0.764. The van der Waals surface area contributed by atoms with Crippen molar-refractivity contribution < 1.29 is 9.47 Å². The molecule has 114 valence electrons. The zero-order chi connectivity index (χ0) is 15.4. The lowest BCUT2D eigenvalue weighted by molar-refractivity contribution is 0.309. The van der Waals surface area contributed by atoms with Gasteiger partial charge in [0.25, 0.3) is 0 Å². The van der Waals surface area contributed by atoms with E-state index < -0.39 is 0 Å². The lowest BCUT2D eigenvalue weighted by Gasteiger charge is -2.05. The van der Waals surface area contributed by atoms with Gasteiger partial charge in [0.1, 0.15) is 17.3 Å². The maximum Gasteiger partial charge on any atom is 0.138 e. The van der Waals surface area contributed by atoms with Crippen molar-refractivity contribution in [1.82, 2.24) is 9.97 Å². The van der Waals surface area contributed by atoms with E-state index >= 15 is 0 Å². The molecule has 0 aliphatic carbocycles. The predicted molar refractivity (Wildman–Crippen MR) is 88.5 cm³/mol. The number of aromatic amines is 1. The number of hydrogen-bond donors (Lipinski definition) is 1. The molecule has 4 nitrogen and oxygen atoms in total. The van der Waals surface area contributed by atoms with Crippen LogP contribution in [-0.2, 0) is 0 Å². The molecule has 0 bridgehead atoms. The van der Waals surface area contributed by atoms with Gasteiger partial charge in [-0.25, -0.2) is 4.98 Å². The van der Waals surface area contributed by atoms with E-state index in [1.165, 1.54) is 0 Å². The van der Waals surface area contributed by atoms with Crippen LogP contribution in [0.4, 0.5) is 0 Å². The monoisotopic (exact) mass is 296 g/mol. The topological polar surface area (TPSA) is 47.1 Å². The maximum absolute atomic E-state index is 5.68. The Morgan fingerprint density at radius 1 is 1.05 bits per heavy atom. The third-order valence-electron chi connectivity index (χ3n) is 3.58. The molecule has 0 spiro atoms. The molecule has 1 heterocycles. The summed E-state index contributed by atoms with van der Waals surface area (Å²) in [6, 6.07) is 13.8. The lowest BCUT2D eigenvalue weighted by Crippen LogP contribution is -1.96. The highest BCUT2D eigenvalue weighted by atomic mass is 16.5. The van der Waals surface area contributed by atoms with Crippen molar-refractivity contribution >= 4 is 11.0 Å². The summed E-state index contributed by atoms with van der Waals surface area (Å²) in [4.78, 5) is 7.94. The number of ether oxygens (including phenoxy) is 2. The SMILES string of the molecule is CCCCOc1ccc(-c2nc3ccc(OC)cc3[nH]2)cc1. The fourth-order valence-corrected chi connectivity index (χ4v) is 2.30. The molecule has 0 atom stereocenters. The molecule has 22 heavy (non-hydrogen) atoms. The fraction of sp³-hybridized carbons (Fsp3) is 0.278. The van der Waals surface area contributed by atoms with Gasteiger partial charge in [0.2, 0.25) is 0 Å². The van der Waals surface area contributed by atoms with Crippen LogP contribution in [0.25, 0.3) is 22.4 Å². The van der Waals surface area contributed by atoms with Gasteiger partial charge >= 0.3 is 0 Å². The van der Waals surface area contributed by atoms with Crippen molar-refractivity contribution in [3.05, 3.63) is 42.5 Å². The van der Waals surface area contributed by atoms with Gasteiger partial charge in [-0.05, 0) is 42.8 Å². The number of aromatic nitrogens is 2. The molecule has 0 aliphatic heterocycles. The molecular formula is C18H20N2O2. The highest BCUT2D eigenvalue weighted by molar-refractivity contribution is 5.80. The zero-order valence-electron chi connectivity index (χ0n) is 12.9. The smallest absolute Gasteiger partial charge is 0.138 e. The Hall–Kier alpha value is -2.49. The first-order valence-electron chi connectivity index (χ1n) is 7.57. The summed E-state index contributed by atoms with van der Waals surface area (Å²) in [5.74, 6) is 2.57. The first kappa shape index (κ1) is 14.4. The summed E-state index contributed by atoms with van der Waals surface area (Å²) in [5.41, 5.74) is 2.94. The number of hydrogen-bond acceptors (Lipinski definition) is 3. The third kappa shape index (κ3) is 3.06. The number of fused-ring (bicyclic) bond motifs is 1. The van der Waals surface area contributed by atoms with E-state index in [1.807, 2.05) is 42.5 Å². The number of imidazole rings is 1. The second-order valence-corrected chi connectivity index (χ2v) is 5.19. The molecule has 0 aliphatic rings. The number of unbranched alkanes of at least 4 members (excludes halogenated alkanes) is 1. The Bertz CT molecular complexity index is 747. The van der Waals surface area contributed by atoms with Crippen LogP contribution in [0.1, 0.15) is 19.8 Å². The van der Waals surface area contributed by atoms with Gasteiger partial charge in [0, 0.05) is 11.6 Å². The van der Waals surface area contributed by atoms with Gasteiger partial charge in [-0.1, -0.05) is 13.3 Å². The minimum Gasteiger partial charge on any atom is -0.497 e. The molecular weight excluding hydrogens is 276 g/mol. The molecule has 1 N–H and O–H groups in total. The normalized spacial score (nSPS) is 10.8. The molecule has 3 aromatic rings. The van der Waals surface area contributed by atoms with Crippen LogP contribution in [0.2, 0.25) is 0 Å². The molecule has 3 rings (SSSR count). The van der Waals surface area contributed by atoms with Gasteiger partial charge in [0.05, 0.1) is 24.8 Å². The lowest BCUT2D eigenvalue weighted by atomic mass is 10.2. The Morgan fingerprint density at radius 3 is 2.55 bits per heavy atom. The van der Waals surface area contributed by atoms with Crippen molar-refractivity contribution in [3.8, 4) is 22.9 Å². The van der Waals surface area contributed by atoms with Crippen molar-refractivity contribution in [2.24, 2.45) is 0 Å². The van der Waals surface area contributed by atoms with Gasteiger partial charge in [-0.3, -0.25) is 0 Å². The quantitative estimate of drug-likeness (QED) is 0.685. The molecule has 0 saturated carbocycles. The second-order valence-electron chi connectivity index (χ2n) is 5.19. The Balaban J connectivity index is 1.81. The summed E-state index contributed by atoms with van der Waals surface area (Å²) >= 11 is 0. The molecule has 4 heteroatoms. The van der Waals surface area contributed by atoms with Crippen LogP contribution in [-0.4, -0.2) is 23.7 Å². The van der Waals surface area contributed by atoms with Crippen molar-refractivity contribution in [2.45, 2.75) is 19.8 Å². The van der Waals surface area contributed by atoms with E-state index in [2.05, 4.69) is 16.9 Å². The number of H-pyrrole nitrogens is 1. The zero-order valence-corrected chi connectivity index (χ0v) is 12.9. The number of nitrogens with one attached hydrogen (secondary N) is 1. The largest absolute Gasteiger partial charge is 0.497 e. The number of methoxy groups -OCH3 is 1. The van der Waals surface area contributed by atoms with Gasteiger partial charge in [0.15, 0.2) is 0 Å². The van der Waals surface area contributed by atoms with E-state index in [-0.39, 0.29) is 0 Å². The highest BCUT2D eigenvalue weighted by Crippen LogP contribution is 2.25. The van der Waals surface area contributed by atoms with Gasteiger partial charge in [-0.2, -0.15) is 0 Å². The molecule has 0 unspecified atom stereocenters. The Labute approximate surface area is 130 Å². The molecule has 0 radical (unpaired) electrons. The van der Waals surface area contributed by atoms with Crippen molar-refractivity contribution in [1.29, 1.82) is 0 Å². The van der Waals surface area contributed by atoms with Crippen LogP contribution >= 0.6 is 0 Å². The molecule has 0 saturated heterocycles. The fourth-order valence-electron chi connectivity index (χ4n) is 2.30. The van der Waals surface area contributed by atoms with Crippen LogP contribution in [0, 0.1) is 0 Å². The number of rotatable bonds is 6. The van der Waals surface area contributed by atoms with Crippen molar-refractivity contribution in [2.75, 3.05) is 13.7 Å². The Kier molecular flexibility index (Phi) is 4.28. The minimum absolute atomic E-state index is 0.764. The van der Waals surface area contributed by atoms with Crippen LogP contribution in [0.3, 0.4) is 0 Å². The van der Waals surface area contributed by atoms with Crippen LogP contribution < -0.4 is 9.47 Å². The summed E-state index contributed by atoms with van der Waals surface area (Å²) < 4.78 is 10.9. The second kappa shape index (κ2) is 6.52. The summed E-state index contributed by atoms with van der Waals surface area (Å²) in [6.45, 7) is 2.92. The molecule has 0 fully saturated rings. The molecule has 1 aromatic heterocycles. The first-order valence-corrected chi connectivity index (χ1v) is 7.57. The Morgan fingerprint density at radius 2 is 1.82 bits per heavy atom. The van der Waals surface area contributed by atoms with Crippen molar-refractivity contribution in [3.63, 3.8) is 0 Å². The first-order chi connectivity index (χ1) is 10.8. The average molecular weight is 296 g/mol. The van der Waals surface area contributed by atoms with E-state index in [9.17, 15) is 0 Å². The summed E-state index contributed by atoms with van der Waals surface area (Å²) in [5, 5.41) is 0. The predicted octanol–water partition coefficient (Wildman–Crippen LogP) is 4.42. The van der Waals surface area contributed by atoms with E-state index in [1.54, 1.807) is 7.11 Å². The van der Waals surface area contributed by atoms with E-state index in [0.29, 0.717) is 0 Å². The summed E-state index contributed by atoms with van der Waals surface area (Å²) in [7, 11) is 1.66. The van der Waals surface area contributed by atoms with Gasteiger partial charge in [-0.15, -0.1) is 0 Å². The van der Waals surface area contributed by atoms with E-state index in [0.717, 1.165) is 53.4 Å². The standard InChI is InChI=1S/C18H20N2O2/c1-3-4-11-22-14-7-5-13(6-8-14)18-19-16-10-9-15(21-2)12-17(16)20-18/h5-10,12H,3-4,11H2,1-2H3,(H,19,20). The third-order valence-corrected chi connectivity index (χ3v) is 3.58. The van der Waals surface area contributed by atoms with E-state index in [4.69, 9.17) is 9.47 Å². The van der Waals surface area contributed by atoms with Gasteiger partial charge < -0.3 is 14.5 Å². The average Bonchev–Trinajstić information content (AvgIpc) is 2.98. The summed E-state index contributed by atoms with van der Waals surface area (Å²) in [6.07, 6.45) is 2.22. The maximum atomic E-state index is 5.68. The number of nitrogens with zero attached hydrogens (tertiary/aromatic N) is 1. The highest BCUT2D eigenvalue weighted by Gasteiger charge is 2.06. The number of benzene rings is 2. The molecule has 2 aromatic carbocycles. The van der Waals surface area contributed by atoms with Crippen LogP contribution in [0.5, 0.6) is 11.5 Å². The van der Waals surface area contributed by atoms with Crippen LogP contribution in [0.15, 0.2) is 42.5 Å².